The number of hydrogen-bond donors (Lipinski definition) is 0. The van der Waals surface area contributed by atoms with Crippen LogP contribution in [0.4, 0.5) is 0 Å². The van der Waals surface area contributed by atoms with E-state index in [1.807, 2.05) is 0 Å². The highest BCUT2D eigenvalue weighted by Gasteiger charge is 2.28. The van der Waals surface area contributed by atoms with Crippen molar-refractivity contribution in [2.75, 3.05) is 26.2 Å². The van der Waals surface area contributed by atoms with Crippen LogP contribution >= 0.6 is 0 Å². The zero-order chi connectivity index (χ0) is 23.1. The molecule has 0 aromatic heterocycles. The van der Waals surface area contributed by atoms with Gasteiger partial charge < -0.3 is 4.74 Å². The van der Waals surface area contributed by atoms with Crippen LogP contribution in [0.2, 0.25) is 0 Å². The lowest BCUT2D eigenvalue weighted by atomic mass is 10.1. The average Bonchev–Trinajstić information content (AvgIpc) is 2.85. The van der Waals surface area contributed by atoms with Crippen LogP contribution in [-0.2, 0) is 22.6 Å². The fourth-order valence-corrected chi connectivity index (χ4v) is 4.61. The van der Waals surface area contributed by atoms with E-state index in [0.717, 1.165) is 45.6 Å². The van der Waals surface area contributed by atoms with Gasteiger partial charge in [-0.05, 0) is 17.5 Å². The third-order valence-electron chi connectivity index (χ3n) is 6.59. The van der Waals surface area contributed by atoms with Crippen LogP contribution in [0.3, 0.4) is 0 Å². The predicted molar refractivity (Wildman–Crippen MR) is 136 cm³/mol. The lowest BCUT2D eigenvalue weighted by Crippen LogP contribution is -2.54. The van der Waals surface area contributed by atoms with Crippen molar-refractivity contribution in [3.8, 4) is 0 Å². The summed E-state index contributed by atoms with van der Waals surface area (Å²) in [6.07, 6.45) is 9.07. The molecule has 180 valence electrons. The average molecular weight is 451 g/mol. The Kier molecular flexibility index (Phi) is 11.5. The van der Waals surface area contributed by atoms with Crippen LogP contribution in [-0.4, -0.2) is 48.1 Å². The summed E-state index contributed by atoms with van der Waals surface area (Å²) >= 11 is 0. The first-order valence-electron chi connectivity index (χ1n) is 12.9. The number of nitrogens with zero attached hydrogens (tertiary/aromatic N) is 2. The number of carbonyl (C=O) groups is 1. The van der Waals surface area contributed by atoms with Crippen molar-refractivity contribution in [3.05, 3.63) is 71.8 Å². The molecular weight excluding hydrogens is 408 g/mol. The largest absolute Gasteiger partial charge is 0.464 e. The Morgan fingerprint density at radius 2 is 1.42 bits per heavy atom. The van der Waals surface area contributed by atoms with Crippen LogP contribution in [0, 0.1) is 0 Å². The van der Waals surface area contributed by atoms with Crippen molar-refractivity contribution in [2.24, 2.45) is 0 Å². The summed E-state index contributed by atoms with van der Waals surface area (Å²) in [6.45, 7) is 7.51. The zero-order valence-corrected chi connectivity index (χ0v) is 20.5. The Balaban J connectivity index is 1.47. The monoisotopic (exact) mass is 450 g/mol. The van der Waals surface area contributed by atoms with E-state index >= 15 is 0 Å². The number of benzene rings is 2. The van der Waals surface area contributed by atoms with Gasteiger partial charge in [0, 0.05) is 39.1 Å². The maximum atomic E-state index is 12.4. The van der Waals surface area contributed by atoms with E-state index in [1.165, 1.54) is 43.2 Å². The van der Waals surface area contributed by atoms with Gasteiger partial charge >= 0.3 is 5.97 Å². The van der Waals surface area contributed by atoms with E-state index in [2.05, 4.69) is 77.4 Å². The molecule has 1 saturated heterocycles. The summed E-state index contributed by atoms with van der Waals surface area (Å²) in [4.78, 5) is 17.4. The molecule has 0 saturated carbocycles. The zero-order valence-electron chi connectivity index (χ0n) is 20.5. The van der Waals surface area contributed by atoms with Gasteiger partial charge in [0.15, 0.2) is 0 Å². The topological polar surface area (TPSA) is 32.8 Å². The second-order valence-corrected chi connectivity index (χ2v) is 9.38. The number of carbonyl (C=O) groups excluding carboxylic acids is 1. The molecule has 1 heterocycles. The summed E-state index contributed by atoms with van der Waals surface area (Å²) in [7, 11) is 0. The smallest absolute Gasteiger partial charge is 0.305 e. The maximum absolute atomic E-state index is 12.4. The normalized spacial score (nSPS) is 17.2. The molecule has 3 rings (SSSR count). The van der Waals surface area contributed by atoms with Gasteiger partial charge in [-0.25, -0.2) is 0 Å². The molecule has 4 heteroatoms. The molecule has 33 heavy (non-hydrogen) atoms. The minimum atomic E-state index is -0.0385. The first-order chi connectivity index (χ1) is 16.2. The lowest BCUT2D eigenvalue weighted by Gasteiger charge is -2.41. The molecule has 2 aromatic carbocycles. The van der Waals surface area contributed by atoms with Crippen molar-refractivity contribution in [1.29, 1.82) is 0 Å². The number of ether oxygens (including phenoxy) is 1. The Labute approximate surface area is 200 Å². The number of esters is 1. The summed E-state index contributed by atoms with van der Waals surface area (Å²) in [5, 5.41) is 0. The quantitative estimate of drug-likeness (QED) is 0.259. The van der Waals surface area contributed by atoms with Gasteiger partial charge in [-0.2, -0.15) is 0 Å². The van der Waals surface area contributed by atoms with Gasteiger partial charge in [0.1, 0.15) is 6.61 Å². The summed E-state index contributed by atoms with van der Waals surface area (Å²) < 4.78 is 5.79. The van der Waals surface area contributed by atoms with Crippen LogP contribution in [0.25, 0.3) is 0 Å². The Morgan fingerprint density at radius 1 is 0.818 bits per heavy atom. The van der Waals surface area contributed by atoms with E-state index in [1.54, 1.807) is 0 Å². The highest BCUT2D eigenvalue weighted by atomic mass is 16.5. The highest BCUT2D eigenvalue weighted by Crippen LogP contribution is 2.17. The van der Waals surface area contributed by atoms with E-state index < -0.39 is 0 Å². The molecule has 0 amide bonds. The van der Waals surface area contributed by atoms with Gasteiger partial charge in [0.25, 0.3) is 0 Å². The molecule has 1 fully saturated rings. The van der Waals surface area contributed by atoms with Crippen LogP contribution in [0.15, 0.2) is 60.7 Å². The van der Waals surface area contributed by atoms with Crippen LogP contribution < -0.4 is 0 Å². The Bertz CT molecular complexity index is 781. The molecule has 1 aliphatic heterocycles. The maximum Gasteiger partial charge on any atom is 0.305 e. The third kappa shape index (κ3) is 9.69. The van der Waals surface area contributed by atoms with E-state index in [9.17, 15) is 4.79 Å². The van der Waals surface area contributed by atoms with Gasteiger partial charge in [-0.15, -0.1) is 0 Å². The van der Waals surface area contributed by atoms with E-state index in [0.29, 0.717) is 13.0 Å². The predicted octanol–water partition coefficient (Wildman–Crippen LogP) is 6.06. The van der Waals surface area contributed by atoms with E-state index in [-0.39, 0.29) is 12.0 Å². The number of unbranched alkanes of at least 4 members (excludes halogenated alkanes) is 6. The van der Waals surface area contributed by atoms with Crippen molar-refractivity contribution in [2.45, 2.75) is 77.4 Å². The molecular formula is C29H42N2O2. The highest BCUT2D eigenvalue weighted by molar-refractivity contribution is 5.69. The molecule has 0 bridgehead atoms. The van der Waals surface area contributed by atoms with Gasteiger partial charge in [-0.3, -0.25) is 14.6 Å². The van der Waals surface area contributed by atoms with Crippen LogP contribution in [0.5, 0.6) is 0 Å². The molecule has 1 atom stereocenters. The fraction of sp³-hybridized carbons (Fsp3) is 0.552. The number of hydrogen-bond acceptors (Lipinski definition) is 4. The molecule has 0 spiro atoms. The summed E-state index contributed by atoms with van der Waals surface area (Å²) in [6, 6.07) is 21.5. The lowest BCUT2D eigenvalue weighted by molar-refractivity contribution is -0.146. The molecule has 0 aliphatic carbocycles. The van der Waals surface area contributed by atoms with Crippen molar-refractivity contribution in [3.63, 3.8) is 0 Å². The van der Waals surface area contributed by atoms with Crippen LogP contribution in [0.1, 0.15) is 69.4 Å². The fourth-order valence-electron chi connectivity index (χ4n) is 4.61. The Hall–Kier alpha value is -2.17. The molecule has 1 unspecified atom stereocenters. The van der Waals surface area contributed by atoms with Crippen molar-refractivity contribution < 1.29 is 9.53 Å². The van der Waals surface area contributed by atoms with Crippen molar-refractivity contribution in [1.82, 2.24) is 9.80 Å². The minimum absolute atomic E-state index is 0.0385. The van der Waals surface area contributed by atoms with Gasteiger partial charge in [0.2, 0.25) is 0 Å². The molecule has 0 N–H and O–H groups in total. The molecule has 4 nitrogen and oxygen atoms in total. The Morgan fingerprint density at radius 3 is 2.09 bits per heavy atom. The summed E-state index contributed by atoms with van der Waals surface area (Å²) in [5.74, 6) is -0.0385. The minimum Gasteiger partial charge on any atom is -0.464 e. The van der Waals surface area contributed by atoms with Crippen molar-refractivity contribution >= 4 is 5.97 Å². The number of rotatable bonds is 14. The molecule has 0 radical (unpaired) electrons. The second-order valence-electron chi connectivity index (χ2n) is 9.38. The van der Waals surface area contributed by atoms with E-state index in [4.69, 9.17) is 4.74 Å². The second kappa shape index (κ2) is 14.9. The van der Waals surface area contributed by atoms with Gasteiger partial charge in [0.05, 0.1) is 6.04 Å². The first-order valence-corrected chi connectivity index (χ1v) is 12.9. The SMILES string of the molecule is CCCCCCCCCC(=O)OCC1CN(Cc2ccccc2)CCN1Cc1ccccc1. The van der Waals surface area contributed by atoms with Gasteiger partial charge in [-0.1, -0.05) is 106 Å². The molecule has 1 aliphatic rings. The standard InChI is InChI=1S/C29H42N2O2/c1-2-3-4-5-6-7-14-19-29(32)33-25-28-24-30(22-26-15-10-8-11-16-26)20-21-31(28)23-27-17-12-9-13-18-27/h8-13,15-18,28H,2-7,14,19-25H2,1H3. The number of piperazine rings is 1. The first kappa shape index (κ1) is 25.5. The third-order valence-corrected chi connectivity index (χ3v) is 6.59. The molecule has 2 aromatic rings. The summed E-state index contributed by atoms with van der Waals surface area (Å²) in [5.41, 5.74) is 2.65.